The molecule has 3 rings (SSSR count). The molecule has 0 unspecified atom stereocenters. The summed E-state index contributed by atoms with van der Waals surface area (Å²) in [5.74, 6) is 0.947. The lowest BCUT2D eigenvalue weighted by Crippen LogP contribution is -2.18. The topological polar surface area (TPSA) is 97.4 Å². The predicted molar refractivity (Wildman–Crippen MR) is 90.8 cm³/mol. The van der Waals surface area contributed by atoms with Crippen molar-refractivity contribution in [2.45, 2.75) is 18.7 Å². The van der Waals surface area contributed by atoms with Gasteiger partial charge in [-0.2, -0.15) is 14.7 Å². The fourth-order valence-electron chi connectivity index (χ4n) is 2.48. The summed E-state index contributed by atoms with van der Waals surface area (Å²) in [5, 5.41) is 8.44. The first-order valence-electron chi connectivity index (χ1n) is 7.25. The number of fused-ring (bicyclic) bond motifs is 1. The van der Waals surface area contributed by atoms with Gasteiger partial charge in [0.1, 0.15) is 16.5 Å². The van der Waals surface area contributed by atoms with Crippen molar-refractivity contribution in [1.82, 2.24) is 24.4 Å². The predicted octanol–water partition coefficient (Wildman–Crippen LogP) is 0.946. The quantitative estimate of drug-likeness (QED) is 0.753. The Balaban J connectivity index is 2.08. The fourth-order valence-corrected chi connectivity index (χ4v) is 3.69. The van der Waals surface area contributed by atoms with Crippen LogP contribution in [0.4, 0.5) is 11.6 Å². The van der Waals surface area contributed by atoms with Crippen molar-refractivity contribution in [3.8, 4) is 0 Å². The summed E-state index contributed by atoms with van der Waals surface area (Å²) in [5.41, 5.74) is 1.80. The van der Waals surface area contributed by atoms with E-state index in [9.17, 15) is 8.42 Å². The van der Waals surface area contributed by atoms with Crippen LogP contribution >= 0.6 is 0 Å². The lowest BCUT2D eigenvalue weighted by molar-refractivity contribution is 0.600. The maximum absolute atomic E-state index is 12.6. The van der Waals surface area contributed by atoms with Gasteiger partial charge in [-0.3, -0.25) is 9.40 Å². The van der Waals surface area contributed by atoms with Crippen LogP contribution in [0.5, 0.6) is 0 Å². The molecule has 24 heavy (non-hydrogen) atoms. The Labute approximate surface area is 140 Å². The van der Waals surface area contributed by atoms with Gasteiger partial charge in [0.2, 0.25) is 0 Å². The Morgan fingerprint density at radius 2 is 1.88 bits per heavy atom. The largest absolute Gasteiger partial charge is 0.363 e. The van der Waals surface area contributed by atoms with Crippen molar-refractivity contribution in [2.24, 2.45) is 7.05 Å². The minimum Gasteiger partial charge on any atom is -0.363 e. The summed E-state index contributed by atoms with van der Waals surface area (Å²) in [4.78, 5) is 6.31. The second-order valence-electron chi connectivity index (χ2n) is 5.81. The van der Waals surface area contributed by atoms with E-state index in [1.165, 1.54) is 10.9 Å². The van der Waals surface area contributed by atoms with Gasteiger partial charge in [-0.15, -0.1) is 0 Å². The minimum absolute atomic E-state index is 0.128. The molecule has 0 amide bonds. The van der Waals surface area contributed by atoms with Crippen LogP contribution in [0.1, 0.15) is 11.4 Å². The highest BCUT2D eigenvalue weighted by Gasteiger charge is 2.21. The zero-order chi connectivity index (χ0) is 17.6. The first-order chi connectivity index (χ1) is 11.2. The van der Waals surface area contributed by atoms with Gasteiger partial charge in [-0.05, 0) is 13.8 Å². The number of aryl methyl sites for hydroxylation is 3. The molecule has 0 aliphatic carbocycles. The molecule has 0 aliphatic heterocycles. The molecular formula is C14H19N7O2S. The summed E-state index contributed by atoms with van der Waals surface area (Å²) in [7, 11) is 1.62. The molecule has 3 aromatic heterocycles. The molecule has 3 aromatic rings. The fraction of sp³-hybridized carbons (Fsp3) is 0.357. The summed E-state index contributed by atoms with van der Waals surface area (Å²) < 4.78 is 30.9. The zero-order valence-electron chi connectivity index (χ0n) is 14.1. The number of hydrogen-bond acceptors (Lipinski definition) is 6. The Kier molecular flexibility index (Phi) is 3.71. The third kappa shape index (κ3) is 2.80. The van der Waals surface area contributed by atoms with Crippen molar-refractivity contribution < 1.29 is 8.42 Å². The summed E-state index contributed by atoms with van der Waals surface area (Å²) in [6.45, 7) is 3.51. The summed E-state index contributed by atoms with van der Waals surface area (Å²) in [6, 6.07) is 3.43. The monoisotopic (exact) mass is 349 g/mol. The average molecular weight is 349 g/mol. The lowest BCUT2D eigenvalue weighted by atomic mass is 10.4. The maximum Gasteiger partial charge on any atom is 0.266 e. The van der Waals surface area contributed by atoms with Crippen molar-refractivity contribution in [2.75, 3.05) is 23.7 Å². The maximum atomic E-state index is 12.6. The Bertz CT molecular complexity index is 1020. The average Bonchev–Trinajstić information content (AvgIpc) is 2.98. The van der Waals surface area contributed by atoms with Gasteiger partial charge < -0.3 is 4.90 Å². The van der Waals surface area contributed by atoms with E-state index >= 15 is 0 Å². The molecule has 0 radical (unpaired) electrons. The number of hydrogen-bond donors (Lipinski definition) is 1. The third-order valence-electron chi connectivity index (χ3n) is 3.49. The molecule has 0 saturated carbocycles. The van der Waals surface area contributed by atoms with Crippen molar-refractivity contribution in [1.29, 1.82) is 0 Å². The van der Waals surface area contributed by atoms with E-state index in [0.29, 0.717) is 17.2 Å². The molecule has 0 saturated heterocycles. The molecule has 0 spiro atoms. The molecule has 0 aliphatic rings. The molecule has 0 fully saturated rings. The van der Waals surface area contributed by atoms with E-state index in [1.807, 2.05) is 25.9 Å². The first kappa shape index (κ1) is 16.2. The molecule has 0 bridgehead atoms. The molecular weight excluding hydrogens is 330 g/mol. The van der Waals surface area contributed by atoms with Gasteiger partial charge in [0.25, 0.3) is 10.0 Å². The SMILES string of the molecule is Cc1cc2nc(NS(=O)(=O)c3cn(C)nc3C)cc(N(C)C)n2n1. The number of sulfonamides is 1. The first-order valence-corrected chi connectivity index (χ1v) is 8.73. The van der Waals surface area contributed by atoms with Crippen LogP contribution in [0, 0.1) is 13.8 Å². The van der Waals surface area contributed by atoms with Gasteiger partial charge in [0.05, 0.1) is 11.4 Å². The van der Waals surface area contributed by atoms with Crippen LogP contribution in [0.25, 0.3) is 5.65 Å². The second kappa shape index (κ2) is 5.48. The summed E-state index contributed by atoms with van der Waals surface area (Å²) >= 11 is 0. The molecule has 128 valence electrons. The highest BCUT2D eigenvalue weighted by atomic mass is 32.2. The summed E-state index contributed by atoms with van der Waals surface area (Å²) in [6.07, 6.45) is 1.46. The highest BCUT2D eigenvalue weighted by molar-refractivity contribution is 7.92. The Hall–Kier alpha value is -2.62. The second-order valence-corrected chi connectivity index (χ2v) is 7.46. The van der Waals surface area contributed by atoms with E-state index < -0.39 is 10.0 Å². The highest BCUT2D eigenvalue weighted by Crippen LogP contribution is 2.22. The van der Waals surface area contributed by atoms with Crippen molar-refractivity contribution in [3.05, 3.63) is 29.7 Å². The van der Waals surface area contributed by atoms with E-state index in [-0.39, 0.29) is 10.7 Å². The number of nitrogens with zero attached hydrogens (tertiary/aromatic N) is 6. The number of rotatable bonds is 4. The Morgan fingerprint density at radius 1 is 1.17 bits per heavy atom. The van der Waals surface area contributed by atoms with E-state index in [4.69, 9.17) is 0 Å². The standard InChI is InChI=1S/C14H19N7O2S/c1-9-6-13-15-12(7-14(19(3)4)21(13)16-9)18-24(22,23)11-8-20(5)17-10(11)2/h6-8H,1-5H3,(H,15,18). The van der Waals surface area contributed by atoms with Crippen LogP contribution < -0.4 is 9.62 Å². The van der Waals surface area contributed by atoms with Crippen molar-refractivity contribution in [3.63, 3.8) is 0 Å². The molecule has 3 heterocycles. The van der Waals surface area contributed by atoms with Gasteiger partial charge in [0.15, 0.2) is 5.65 Å². The van der Waals surface area contributed by atoms with E-state index in [0.717, 1.165) is 5.69 Å². The minimum atomic E-state index is -3.77. The van der Waals surface area contributed by atoms with Crippen LogP contribution in [0.3, 0.4) is 0 Å². The van der Waals surface area contributed by atoms with Crippen LogP contribution in [-0.2, 0) is 17.1 Å². The molecule has 1 N–H and O–H groups in total. The molecule has 0 atom stereocenters. The van der Waals surface area contributed by atoms with Crippen LogP contribution in [-0.4, -0.2) is 46.9 Å². The van der Waals surface area contributed by atoms with Gasteiger partial charge in [-0.25, -0.2) is 13.4 Å². The third-order valence-corrected chi connectivity index (χ3v) is 4.94. The van der Waals surface area contributed by atoms with Crippen LogP contribution in [0.2, 0.25) is 0 Å². The van der Waals surface area contributed by atoms with Gasteiger partial charge in [0, 0.05) is 39.5 Å². The van der Waals surface area contributed by atoms with E-state index in [1.54, 1.807) is 30.6 Å². The number of aromatic nitrogens is 5. The number of anilines is 2. The van der Waals surface area contributed by atoms with Gasteiger partial charge in [-0.1, -0.05) is 0 Å². The van der Waals surface area contributed by atoms with E-state index in [2.05, 4.69) is 19.9 Å². The van der Waals surface area contributed by atoms with Gasteiger partial charge >= 0.3 is 0 Å². The molecule has 9 nitrogen and oxygen atoms in total. The smallest absolute Gasteiger partial charge is 0.266 e. The van der Waals surface area contributed by atoms with Crippen molar-refractivity contribution >= 4 is 27.3 Å². The molecule has 10 heteroatoms. The Morgan fingerprint density at radius 3 is 2.46 bits per heavy atom. The molecule has 0 aromatic carbocycles. The van der Waals surface area contributed by atoms with Crippen LogP contribution in [0.15, 0.2) is 23.2 Å². The lowest BCUT2D eigenvalue weighted by Gasteiger charge is -2.15. The number of nitrogens with one attached hydrogen (secondary N) is 1. The normalized spacial score (nSPS) is 11.9. The zero-order valence-corrected chi connectivity index (χ0v) is 15.0.